The molecule has 0 spiro atoms. The molecule has 1 saturated heterocycles. The molecule has 0 saturated carbocycles. The molecule has 0 radical (unpaired) electrons. The molecule has 2 rings (SSSR count). The molecule has 1 aliphatic heterocycles. The number of hydrogen-bond donors (Lipinski definition) is 2. The minimum absolute atomic E-state index is 0.0120. The van der Waals surface area contributed by atoms with E-state index in [1.54, 1.807) is 0 Å². The van der Waals surface area contributed by atoms with E-state index in [4.69, 9.17) is 5.73 Å². The smallest absolute Gasteiger partial charge is 0.0772 e. The minimum Gasteiger partial charge on any atom is -0.394 e. The summed E-state index contributed by atoms with van der Waals surface area (Å²) in [7, 11) is 0. The Morgan fingerprint density at radius 2 is 2.11 bits per heavy atom. The zero-order valence-electron chi connectivity index (χ0n) is 11.2. The Balaban J connectivity index is 2.08. The third kappa shape index (κ3) is 3.10. The Morgan fingerprint density at radius 1 is 1.39 bits per heavy atom. The van der Waals surface area contributed by atoms with Crippen LogP contribution in [0.25, 0.3) is 0 Å². The van der Waals surface area contributed by atoms with Crippen molar-refractivity contribution in [1.29, 1.82) is 0 Å². The van der Waals surface area contributed by atoms with Crippen LogP contribution in [0.5, 0.6) is 0 Å². The van der Waals surface area contributed by atoms with Crippen molar-refractivity contribution in [3.05, 3.63) is 35.9 Å². The van der Waals surface area contributed by atoms with Crippen LogP contribution < -0.4 is 5.73 Å². The molecule has 3 N–H and O–H groups in total. The van der Waals surface area contributed by atoms with Gasteiger partial charge in [0.1, 0.15) is 0 Å². The van der Waals surface area contributed by atoms with E-state index in [0.717, 1.165) is 31.1 Å². The summed E-state index contributed by atoms with van der Waals surface area (Å²) in [4.78, 5) is 2.39. The maximum absolute atomic E-state index is 9.68. The van der Waals surface area contributed by atoms with Crippen LogP contribution in [-0.2, 0) is 5.54 Å². The Hall–Kier alpha value is -0.900. The van der Waals surface area contributed by atoms with Crippen LogP contribution in [0.1, 0.15) is 25.3 Å². The number of nitrogens with zero attached hydrogens (tertiary/aromatic N) is 1. The molecule has 0 amide bonds. The van der Waals surface area contributed by atoms with Crippen molar-refractivity contribution < 1.29 is 5.11 Å². The van der Waals surface area contributed by atoms with Gasteiger partial charge in [0.15, 0.2) is 0 Å². The van der Waals surface area contributed by atoms with Gasteiger partial charge in [-0.2, -0.15) is 0 Å². The third-order valence-electron chi connectivity index (χ3n) is 3.88. The molecule has 18 heavy (non-hydrogen) atoms. The van der Waals surface area contributed by atoms with E-state index in [0.29, 0.717) is 0 Å². The first-order valence-electron chi connectivity index (χ1n) is 6.82. The van der Waals surface area contributed by atoms with Crippen molar-refractivity contribution in [3.63, 3.8) is 0 Å². The Bertz CT molecular complexity index is 368. The quantitative estimate of drug-likeness (QED) is 0.850. The Kier molecular flexibility index (Phi) is 4.38. The highest BCUT2D eigenvalue weighted by atomic mass is 16.3. The monoisotopic (exact) mass is 248 g/mol. The maximum Gasteiger partial charge on any atom is 0.0772 e. The summed E-state index contributed by atoms with van der Waals surface area (Å²) in [6, 6.07) is 9.94. The van der Waals surface area contributed by atoms with Crippen molar-refractivity contribution >= 4 is 0 Å². The molecule has 1 heterocycles. The molecular formula is C15H24N2O. The van der Waals surface area contributed by atoms with Gasteiger partial charge >= 0.3 is 0 Å². The van der Waals surface area contributed by atoms with Gasteiger partial charge in [0, 0.05) is 13.1 Å². The predicted molar refractivity (Wildman–Crippen MR) is 74.2 cm³/mol. The van der Waals surface area contributed by atoms with Crippen LogP contribution in [0.4, 0.5) is 0 Å². The highest BCUT2D eigenvalue weighted by Gasteiger charge is 2.30. The van der Waals surface area contributed by atoms with Gasteiger partial charge < -0.3 is 15.7 Å². The van der Waals surface area contributed by atoms with Gasteiger partial charge in [-0.25, -0.2) is 0 Å². The van der Waals surface area contributed by atoms with Gasteiger partial charge in [-0.3, -0.25) is 0 Å². The fraction of sp³-hybridized carbons (Fsp3) is 0.600. The van der Waals surface area contributed by atoms with Gasteiger partial charge in [-0.15, -0.1) is 0 Å². The molecule has 0 bridgehead atoms. The average molecular weight is 248 g/mol. The van der Waals surface area contributed by atoms with E-state index < -0.39 is 5.54 Å². The second kappa shape index (κ2) is 5.83. The van der Waals surface area contributed by atoms with E-state index in [2.05, 4.69) is 11.8 Å². The lowest BCUT2D eigenvalue weighted by atomic mass is 9.89. The lowest BCUT2D eigenvalue weighted by Gasteiger charge is -2.38. The summed E-state index contributed by atoms with van der Waals surface area (Å²) >= 11 is 0. The summed E-state index contributed by atoms with van der Waals surface area (Å²) in [5.41, 5.74) is 6.78. The molecule has 3 heteroatoms. The zero-order valence-corrected chi connectivity index (χ0v) is 11.2. The van der Waals surface area contributed by atoms with E-state index in [9.17, 15) is 5.11 Å². The van der Waals surface area contributed by atoms with Crippen LogP contribution in [-0.4, -0.2) is 36.2 Å². The first-order chi connectivity index (χ1) is 8.64. The lowest BCUT2D eigenvalue weighted by Crippen LogP contribution is -2.52. The minimum atomic E-state index is -0.641. The van der Waals surface area contributed by atoms with Crippen molar-refractivity contribution in [3.8, 4) is 0 Å². The number of hydrogen-bond acceptors (Lipinski definition) is 3. The van der Waals surface area contributed by atoms with E-state index in [-0.39, 0.29) is 6.61 Å². The van der Waals surface area contributed by atoms with Crippen molar-refractivity contribution in [2.75, 3.05) is 26.2 Å². The molecule has 1 fully saturated rings. The fourth-order valence-electron chi connectivity index (χ4n) is 2.83. The summed E-state index contributed by atoms with van der Waals surface area (Å²) in [5, 5.41) is 9.68. The number of rotatable bonds is 4. The van der Waals surface area contributed by atoms with E-state index >= 15 is 0 Å². The van der Waals surface area contributed by atoms with Gasteiger partial charge in [0.2, 0.25) is 0 Å². The maximum atomic E-state index is 9.68. The summed E-state index contributed by atoms with van der Waals surface area (Å²) in [6.45, 7) is 5.19. The number of aliphatic hydroxyl groups excluding tert-OH is 1. The van der Waals surface area contributed by atoms with Crippen molar-refractivity contribution in [2.24, 2.45) is 11.7 Å². The molecule has 3 nitrogen and oxygen atoms in total. The SMILES string of the molecule is CC1CCCN(CC(N)(CO)c2ccccc2)C1. The molecule has 1 aliphatic rings. The summed E-state index contributed by atoms with van der Waals surface area (Å²) < 4.78 is 0. The van der Waals surface area contributed by atoms with Crippen molar-refractivity contribution in [2.45, 2.75) is 25.3 Å². The molecule has 2 atom stereocenters. The van der Waals surface area contributed by atoms with Crippen LogP contribution in [0.3, 0.4) is 0 Å². The van der Waals surface area contributed by atoms with Crippen LogP contribution in [0, 0.1) is 5.92 Å². The number of benzene rings is 1. The summed E-state index contributed by atoms with van der Waals surface area (Å²) in [5.74, 6) is 0.734. The van der Waals surface area contributed by atoms with Gasteiger partial charge in [0.25, 0.3) is 0 Å². The van der Waals surface area contributed by atoms with Gasteiger partial charge in [-0.1, -0.05) is 37.3 Å². The molecule has 0 aliphatic carbocycles. The average Bonchev–Trinajstić information content (AvgIpc) is 2.39. The largest absolute Gasteiger partial charge is 0.394 e. The highest BCUT2D eigenvalue weighted by molar-refractivity contribution is 5.24. The molecular weight excluding hydrogens is 224 g/mol. The number of nitrogens with two attached hydrogens (primary N) is 1. The molecule has 1 aromatic rings. The first kappa shape index (κ1) is 13.5. The number of piperidine rings is 1. The van der Waals surface area contributed by atoms with Crippen LogP contribution in [0.2, 0.25) is 0 Å². The van der Waals surface area contributed by atoms with Crippen molar-refractivity contribution in [1.82, 2.24) is 4.90 Å². The van der Waals surface area contributed by atoms with E-state index in [1.807, 2.05) is 30.3 Å². The second-order valence-electron chi connectivity index (χ2n) is 5.66. The number of likely N-dealkylation sites (tertiary alicyclic amines) is 1. The Morgan fingerprint density at radius 3 is 2.72 bits per heavy atom. The zero-order chi connectivity index (χ0) is 13.0. The molecule has 2 unspecified atom stereocenters. The fourth-order valence-corrected chi connectivity index (χ4v) is 2.83. The lowest BCUT2D eigenvalue weighted by molar-refractivity contribution is 0.106. The normalized spacial score (nSPS) is 24.7. The topological polar surface area (TPSA) is 49.5 Å². The highest BCUT2D eigenvalue weighted by Crippen LogP contribution is 2.23. The van der Waals surface area contributed by atoms with Crippen LogP contribution >= 0.6 is 0 Å². The van der Waals surface area contributed by atoms with Gasteiger partial charge in [0.05, 0.1) is 12.1 Å². The summed E-state index contributed by atoms with van der Waals surface area (Å²) in [6.07, 6.45) is 2.54. The molecule has 1 aromatic carbocycles. The van der Waals surface area contributed by atoms with Crippen LogP contribution in [0.15, 0.2) is 30.3 Å². The second-order valence-corrected chi connectivity index (χ2v) is 5.66. The predicted octanol–water partition coefficient (Wildman–Crippen LogP) is 1.56. The first-order valence-corrected chi connectivity index (χ1v) is 6.82. The molecule has 0 aromatic heterocycles. The Labute approximate surface area is 110 Å². The standard InChI is InChI=1S/C15H24N2O/c1-13-6-5-9-17(10-13)11-15(16,12-18)14-7-3-2-4-8-14/h2-4,7-8,13,18H,5-6,9-12,16H2,1H3. The number of aliphatic hydroxyl groups is 1. The molecule has 100 valence electrons. The van der Waals surface area contributed by atoms with Gasteiger partial charge in [-0.05, 0) is 30.9 Å². The third-order valence-corrected chi connectivity index (χ3v) is 3.88. The van der Waals surface area contributed by atoms with E-state index in [1.165, 1.54) is 12.8 Å².